The van der Waals surface area contributed by atoms with E-state index in [1.54, 1.807) is 30.3 Å². The Labute approximate surface area is 138 Å². The quantitative estimate of drug-likeness (QED) is 0.740. The Kier molecular flexibility index (Phi) is 5.16. The third-order valence-corrected chi connectivity index (χ3v) is 3.34. The van der Waals surface area contributed by atoms with E-state index in [1.165, 1.54) is 18.2 Å². The van der Waals surface area contributed by atoms with Gasteiger partial charge in [0.05, 0.1) is 11.1 Å². The normalized spacial score (nSPS) is 9.92. The van der Waals surface area contributed by atoms with Gasteiger partial charge in [0.1, 0.15) is 0 Å². The first-order chi connectivity index (χ1) is 11.4. The minimum absolute atomic E-state index is 0.0340. The van der Waals surface area contributed by atoms with E-state index in [2.05, 4.69) is 10.9 Å². The van der Waals surface area contributed by atoms with Crippen molar-refractivity contribution in [2.45, 2.75) is 0 Å². The SMILES string of the molecule is CN(C)c1ccc(C(=O)NNC(=O)c2ccccc2C(=O)O)cc1. The van der Waals surface area contributed by atoms with E-state index in [-0.39, 0.29) is 11.1 Å². The summed E-state index contributed by atoms with van der Waals surface area (Å²) in [5.41, 5.74) is 5.62. The molecule has 124 valence electrons. The van der Waals surface area contributed by atoms with Gasteiger partial charge in [0, 0.05) is 25.3 Å². The maximum absolute atomic E-state index is 12.1. The lowest BCUT2D eigenvalue weighted by molar-refractivity contribution is 0.0690. The molecule has 0 aliphatic heterocycles. The number of amides is 2. The lowest BCUT2D eigenvalue weighted by atomic mass is 10.1. The molecule has 0 heterocycles. The van der Waals surface area contributed by atoms with E-state index >= 15 is 0 Å². The number of hydrogen-bond acceptors (Lipinski definition) is 4. The van der Waals surface area contributed by atoms with Crippen LogP contribution in [0, 0.1) is 0 Å². The number of nitrogens with one attached hydrogen (secondary N) is 2. The van der Waals surface area contributed by atoms with Crippen LogP contribution in [0.5, 0.6) is 0 Å². The van der Waals surface area contributed by atoms with E-state index in [4.69, 9.17) is 5.11 Å². The molecule has 0 atom stereocenters. The van der Waals surface area contributed by atoms with Crippen molar-refractivity contribution in [2.24, 2.45) is 0 Å². The van der Waals surface area contributed by atoms with E-state index < -0.39 is 17.8 Å². The number of hydrazine groups is 1. The van der Waals surface area contributed by atoms with Crippen LogP contribution in [-0.4, -0.2) is 37.0 Å². The van der Waals surface area contributed by atoms with E-state index in [9.17, 15) is 14.4 Å². The van der Waals surface area contributed by atoms with Gasteiger partial charge in [0.2, 0.25) is 0 Å². The number of carboxylic acids is 1. The molecule has 0 saturated heterocycles. The molecule has 0 aliphatic carbocycles. The molecule has 2 aromatic carbocycles. The molecule has 0 spiro atoms. The van der Waals surface area contributed by atoms with Crippen LogP contribution in [0.25, 0.3) is 0 Å². The van der Waals surface area contributed by atoms with Crippen LogP contribution in [0.2, 0.25) is 0 Å². The monoisotopic (exact) mass is 327 g/mol. The molecule has 2 rings (SSSR count). The number of carboxylic acid groups (broad SMARTS) is 1. The molecule has 0 unspecified atom stereocenters. The molecule has 0 bridgehead atoms. The van der Waals surface area contributed by atoms with Gasteiger partial charge in [-0.1, -0.05) is 12.1 Å². The zero-order chi connectivity index (χ0) is 17.7. The lowest BCUT2D eigenvalue weighted by Gasteiger charge is -2.13. The molecule has 2 aromatic rings. The smallest absolute Gasteiger partial charge is 0.336 e. The number of rotatable bonds is 4. The van der Waals surface area contributed by atoms with Gasteiger partial charge in [-0.15, -0.1) is 0 Å². The Morgan fingerprint density at radius 2 is 1.38 bits per heavy atom. The van der Waals surface area contributed by atoms with Gasteiger partial charge in [-0.3, -0.25) is 20.4 Å². The number of carbonyl (C=O) groups is 3. The fourth-order valence-corrected chi connectivity index (χ4v) is 2.03. The zero-order valence-corrected chi connectivity index (χ0v) is 13.2. The van der Waals surface area contributed by atoms with Crippen molar-refractivity contribution in [3.8, 4) is 0 Å². The molecule has 0 aromatic heterocycles. The van der Waals surface area contributed by atoms with Crippen molar-refractivity contribution < 1.29 is 19.5 Å². The summed E-state index contributed by atoms with van der Waals surface area (Å²) in [6, 6.07) is 12.6. The van der Waals surface area contributed by atoms with Crippen LogP contribution in [0.1, 0.15) is 31.1 Å². The first-order valence-electron chi connectivity index (χ1n) is 7.10. The molecule has 7 heteroatoms. The molecule has 0 aliphatic rings. The predicted molar refractivity (Wildman–Crippen MR) is 89.1 cm³/mol. The topological polar surface area (TPSA) is 98.7 Å². The average molecular weight is 327 g/mol. The van der Waals surface area contributed by atoms with Gasteiger partial charge >= 0.3 is 5.97 Å². The Morgan fingerprint density at radius 1 is 0.833 bits per heavy atom. The van der Waals surface area contributed by atoms with E-state index in [0.717, 1.165) is 5.69 Å². The van der Waals surface area contributed by atoms with Gasteiger partial charge in [0.25, 0.3) is 11.8 Å². The standard InChI is InChI=1S/C17H17N3O4/c1-20(2)12-9-7-11(8-10-12)15(21)18-19-16(22)13-5-3-4-6-14(13)17(23)24/h3-10H,1-2H3,(H,18,21)(H,19,22)(H,23,24). The van der Waals surface area contributed by atoms with Crippen molar-refractivity contribution in [3.05, 3.63) is 65.2 Å². The number of carbonyl (C=O) groups excluding carboxylic acids is 2. The summed E-state index contributed by atoms with van der Waals surface area (Å²) in [6.45, 7) is 0. The van der Waals surface area contributed by atoms with Crippen molar-refractivity contribution in [1.29, 1.82) is 0 Å². The van der Waals surface area contributed by atoms with Crippen LogP contribution >= 0.6 is 0 Å². The minimum atomic E-state index is -1.22. The summed E-state index contributed by atoms with van der Waals surface area (Å²) in [4.78, 5) is 37.1. The zero-order valence-electron chi connectivity index (χ0n) is 13.2. The molecular formula is C17H17N3O4. The number of aromatic carboxylic acids is 1. The second-order valence-corrected chi connectivity index (χ2v) is 5.20. The summed E-state index contributed by atoms with van der Waals surface area (Å²) in [5, 5.41) is 9.07. The van der Waals surface area contributed by atoms with Crippen molar-refractivity contribution in [2.75, 3.05) is 19.0 Å². The van der Waals surface area contributed by atoms with Gasteiger partial charge in [0.15, 0.2) is 0 Å². The molecular weight excluding hydrogens is 310 g/mol. The molecule has 3 N–H and O–H groups in total. The summed E-state index contributed by atoms with van der Waals surface area (Å²) >= 11 is 0. The number of nitrogens with zero attached hydrogens (tertiary/aromatic N) is 1. The fraction of sp³-hybridized carbons (Fsp3) is 0.118. The summed E-state index contributed by atoms with van der Waals surface area (Å²) in [5.74, 6) is -2.42. The van der Waals surface area contributed by atoms with Gasteiger partial charge in [-0.25, -0.2) is 4.79 Å². The Bertz CT molecular complexity index is 770. The highest BCUT2D eigenvalue weighted by Gasteiger charge is 2.16. The Balaban J connectivity index is 2.04. The molecule has 2 amide bonds. The highest BCUT2D eigenvalue weighted by atomic mass is 16.4. The Morgan fingerprint density at radius 3 is 1.92 bits per heavy atom. The van der Waals surface area contributed by atoms with Crippen LogP contribution in [0.15, 0.2) is 48.5 Å². The predicted octanol–water partition coefficient (Wildman–Crippen LogP) is 1.53. The summed E-state index contributed by atoms with van der Waals surface area (Å²) in [6.07, 6.45) is 0. The van der Waals surface area contributed by atoms with Crippen LogP contribution in [-0.2, 0) is 0 Å². The molecule has 7 nitrogen and oxygen atoms in total. The second-order valence-electron chi connectivity index (χ2n) is 5.20. The maximum Gasteiger partial charge on any atom is 0.336 e. The molecule has 24 heavy (non-hydrogen) atoms. The fourth-order valence-electron chi connectivity index (χ4n) is 2.03. The number of benzene rings is 2. The van der Waals surface area contributed by atoms with E-state index in [1.807, 2.05) is 19.0 Å². The Hall–Kier alpha value is -3.35. The second kappa shape index (κ2) is 7.28. The first-order valence-corrected chi connectivity index (χ1v) is 7.10. The maximum atomic E-state index is 12.1. The highest BCUT2D eigenvalue weighted by Crippen LogP contribution is 2.12. The highest BCUT2D eigenvalue weighted by molar-refractivity contribution is 6.05. The van der Waals surface area contributed by atoms with Crippen molar-refractivity contribution in [1.82, 2.24) is 10.9 Å². The molecule has 0 fully saturated rings. The average Bonchev–Trinajstić information content (AvgIpc) is 2.59. The third kappa shape index (κ3) is 3.89. The number of anilines is 1. The van der Waals surface area contributed by atoms with Crippen molar-refractivity contribution >= 4 is 23.5 Å². The van der Waals surface area contributed by atoms with Crippen LogP contribution < -0.4 is 15.8 Å². The molecule has 0 saturated carbocycles. The summed E-state index contributed by atoms with van der Waals surface area (Å²) in [7, 11) is 3.77. The van der Waals surface area contributed by atoms with Gasteiger partial charge < -0.3 is 10.0 Å². The van der Waals surface area contributed by atoms with E-state index in [0.29, 0.717) is 5.56 Å². The largest absolute Gasteiger partial charge is 0.478 e. The summed E-state index contributed by atoms with van der Waals surface area (Å²) < 4.78 is 0. The lowest BCUT2D eigenvalue weighted by Crippen LogP contribution is -2.42. The number of hydrogen-bond donors (Lipinski definition) is 3. The van der Waals surface area contributed by atoms with Crippen LogP contribution in [0.4, 0.5) is 5.69 Å². The van der Waals surface area contributed by atoms with Gasteiger partial charge in [-0.05, 0) is 36.4 Å². The minimum Gasteiger partial charge on any atom is -0.478 e. The van der Waals surface area contributed by atoms with Gasteiger partial charge in [-0.2, -0.15) is 0 Å². The third-order valence-electron chi connectivity index (χ3n) is 3.34. The van der Waals surface area contributed by atoms with Crippen molar-refractivity contribution in [3.63, 3.8) is 0 Å². The van der Waals surface area contributed by atoms with Crippen LogP contribution in [0.3, 0.4) is 0 Å². The first kappa shape index (κ1) is 17.0. The molecule has 0 radical (unpaired) electrons.